The highest BCUT2D eigenvalue weighted by molar-refractivity contribution is 6.07. The van der Waals surface area contributed by atoms with Crippen LogP contribution in [0.3, 0.4) is 0 Å². The van der Waals surface area contributed by atoms with Crippen LogP contribution in [0.2, 0.25) is 0 Å². The number of nitrogens with one attached hydrogen (secondary N) is 1. The van der Waals surface area contributed by atoms with Gasteiger partial charge in [-0.15, -0.1) is 0 Å². The van der Waals surface area contributed by atoms with Crippen molar-refractivity contribution < 1.29 is 28.4 Å². The van der Waals surface area contributed by atoms with Crippen LogP contribution in [0.25, 0.3) is 0 Å². The number of hydrogen-bond acceptors (Lipinski definition) is 7. The molecule has 35 heavy (non-hydrogen) atoms. The number of nitro groups is 1. The molecular formula is C24H19FN4O6. The molecule has 1 heterocycles. The van der Waals surface area contributed by atoms with Gasteiger partial charge >= 0.3 is 0 Å². The Bertz CT molecular complexity index is 1260. The maximum atomic E-state index is 13.0. The number of hydrazone groups is 1. The second kappa shape index (κ2) is 8.75. The predicted molar refractivity (Wildman–Crippen MR) is 121 cm³/mol. The van der Waals surface area contributed by atoms with Gasteiger partial charge in [-0.3, -0.25) is 24.5 Å². The van der Waals surface area contributed by atoms with Gasteiger partial charge in [0, 0.05) is 23.4 Å². The normalized spacial score (nSPS) is 24.3. The molecule has 1 saturated heterocycles. The Balaban J connectivity index is 1.32. The number of nitro benzene ring substituents is 1. The van der Waals surface area contributed by atoms with E-state index < -0.39 is 35.1 Å². The van der Waals surface area contributed by atoms with Gasteiger partial charge in [0.2, 0.25) is 0 Å². The van der Waals surface area contributed by atoms with E-state index in [2.05, 4.69) is 10.4 Å². The van der Waals surface area contributed by atoms with Crippen molar-refractivity contribution in [2.75, 3.05) is 11.9 Å². The lowest BCUT2D eigenvalue weighted by molar-refractivity contribution is -0.384. The molecule has 2 aliphatic carbocycles. The highest BCUT2D eigenvalue weighted by Gasteiger charge is 2.59. The van der Waals surface area contributed by atoms with E-state index >= 15 is 0 Å². The Kier molecular flexibility index (Phi) is 5.59. The van der Waals surface area contributed by atoms with Crippen LogP contribution < -0.4 is 10.1 Å². The average molecular weight is 478 g/mol. The topological polar surface area (TPSA) is 131 Å². The molecule has 0 radical (unpaired) electrons. The third-order valence-electron chi connectivity index (χ3n) is 6.45. The minimum Gasteiger partial charge on any atom is -0.483 e. The Hall–Kier alpha value is -4.41. The largest absolute Gasteiger partial charge is 0.483 e. The molecule has 4 atom stereocenters. The van der Waals surface area contributed by atoms with Crippen molar-refractivity contribution in [3.05, 3.63) is 76.1 Å². The molecule has 0 aromatic heterocycles. The van der Waals surface area contributed by atoms with Gasteiger partial charge in [-0.2, -0.15) is 10.1 Å². The number of carbonyl (C=O) groups excluding carboxylic acids is 3. The number of non-ortho nitro benzene ring substituents is 1. The Morgan fingerprint density at radius 3 is 2.43 bits per heavy atom. The molecule has 3 aliphatic rings. The summed E-state index contributed by atoms with van der Waals surface area (Å²) in [5.41, 5.74) is 0.228. The molecule has 4 unspecified atom stereocenters. The zero-order valence-corrected chi connectivity index (χ0v) is 18.2. The van der Waals surface area contributed by atoms with Crippen molar-refractivity contribution in [3.63, 3.8) is 0 Å². The van der Waals surface area contributed by atoms with Crippen LogP contribution in [0.4, 0.5) is 15.8 Å². The van der Waals surface area contributed by atoms with Gasteiger partial charge in [0.15, 0.2) is 6.61 Å². The van der Waals surface area contributed by atoms with Crippen LogP contribution in [0.15, 0.2) is 59.7 Å². The molecule has 1 saturated carbocycles. The Morgan fingerprint density at radius 2 is 1.80 bits per heavy atom. The molecule has 2 aromatic rings. The first-order valence-corrected chi connectivity index (χ1v) is 10.9. The zero-order chi connectivity index (χ0) is 24.7. The summed E-state index contributed by atoms with van der Waals surface area (Å²) in [6, 6.07) is 8.84. The van der Waals surface area contributed by atoms with Crippen molar-refractivity contribution in [3.8, 4) is 5.75 Å². The van der Waals surface area contributed by atoms with Gasteiger partial charge in [0.1, 0.15) is 11.6 Å². The van der Waals surface area contributed by atoms with Crippen molar-refractivity contribution in [1.82, 2.24) is 5.01 Å². The number of fused-ring (bicyclic) bond motifs is 5. The first-order chi connectivity index (χ1) is 16.8. The van der Waals surface area contributed by atoms with Gasteiger partial charge in [-0.05, 0) is 48.6 Å². The van der Waals surface area contributed by atoms with Gasteiger partial charge in [-0.1, -0.05) is 12.2 Å². The number of halogens is 1. The number of ether oxygens (including phenoxy) is 1. The molecule has 178 valence electrons. The van der Waals surface area contributed by atoms with Crippen molar-refractivity contribution in [1.29, 1.82) is 0 Å². The summed E-state index contributed by atoms with van der Waals surface area (Å²) in [6.45, 7) is -0.448. The molecule has 1 aliphatic heterocycles. The summed E-state index contributed by atoms with van der Waals surface area (Å²) in [6.07, 6.45) is 5.86. The Morgan fingerprint density at radius 1 is 1.14 bits per heavy atom. The van der Waals surface area contributed by atoms with Crippen molar-refractivity contribution >= 4 is 35.3 Å². The maximum absolute atomic E-state index is 13.0. The number of imide groups is 1. The minimum absolute atomic E-state index is 0.0259. The smallest absolute Gasteiger partial charge is 0.270 e. The number of amides is 3. The quantitative estimate of drug-likeness (QED) is 0.214. The van der Waals surface area contributed by atoms with Crippen LogP contribution in [-0.4, -0.2) is 40.5 Å². The van der Waals surface area contributed by atoms with E-state index in [1.165, 1.54) is 42.5 Å². The first kappa shape index (κ1) is 22.4. The van der Waals surface area contributed by atoms with E-state index in [-0.39, 0.29) is 40.7 Å². The number of rotatable bonds is 7. The summed E-state index contributed by atoms with van der Waals surface area (Å²) < 4.78 is 18.5. The monoisotopic (exact) mass is 478 g/mol. The highest BCUT2D eigenvalue weighted by Crippen LogP contribution is 2.52. The lowest BCUT2D eigenvalue weighted by Crippen LogP contribution is -2.28. The average Bonchev–Trinajstić information content (AvgIpc) is 3.52. The molecule has 0 spiro atoms. The third-order valence-corrected chi connectivity index (χ3v) is 6.45. The van der Waals surface area contributed by atoms with Crippen LogP contribution in [-0.2, 0) is 14.4 Å². The standard InChI is InChI=1S/C24H19FN4O6/c25-16-3-5-17(6-4-16)27-20(30)12-35-19-8-7-18(29(33)34)10-15(19)11-26-28-23(31)21-13-1-2-14(9-13)22(21)24(28)32/h1-8,10-11,13-14,21-22H,9,12H2,(H,27,30). The molecule has 5 rings (SSSR count). The van der Waals surface area contributed by atoms with Gasteiger partial charge in [-0.25, -0.2) is 4.39 Å². The molecule has 11 heteroatoms. The van der Waals surface area contributed by atoms with Crippen molar-refractivity contribution in [2.24, 2.45) is 28.8 Å². The molecule has 10 nitrogen and oxygen atoms in total. The number of carbonyl (C=O) groups is 3. The van der Waals surface area contributed by atoms with E-state index in [1.807, 2.05) is 12.2 Å². The zero-order valence-electron chi connectivity index (χ0n) is 18.2. The minimum atomic E-state index is -0.609. The van der Waals surface area contributed by atoms with Gasteiger partial charge in [0.25, 0.3) is 23.4 Å². The summed E-state index contributed by atoms with van der Waals surface area (Å²) in [4.78, 5) is 48.5. The van der Waals surface area contributed by atoms with Crippen LogP contribution >= 0.6 is 0 Å². The molecule has 2 aromatic carbocycles. The van der Waals surface area contributed by atoms with E-state index in [0.29, 0.717) is 5.69 Å². The van der Waals surface area contributed by atoms with Crippen LogP contribution in [0.1, 0.15) is 12.0 Å². The lowest BCUT2D eigenvalue weighted by Gasteiger charge is -2.13. The maximum Gasteiger partial charge on any atom is 0.270 e. The third kappa shape index (κ3) is 4.16. The fourth-order valence-electron chi connectivity index (χ4n) is 4.88. The van der Waals surface area contributed by atoms with E-state index in [1.54, 1.807) is 0 Å². The highest BCUT2D eigenvalue weighted by atomic mass is 19.1. The van der Waals surface area contributed by atoms with E-state index in [4.69, 9.17) is 4.74 Å². The van der Waals surface area contributed by atoms with E-state index in [9.17, 15) is 28.9 Å². The Labute approximate surface area is 198 Å². The summed E-state index contributed by atoms with van der Waals surface area (Å²) in [5, 5.41) is 18.6. The van der Waals surface area contributed by atoms with Crippen LogP contribution in [0.5, 0.6) is 5.75 Å². The second-order valence-electron chi connectivity index (χ2n) is 8.56. The summed E-state index contributed by atoms with van der Waals surface area (Å²) >= 11 is 0. The molecule has 1 N–H and O–H groups in total. The number of nitrogens with zero attached hydrogens (tertiary/aromatic N) is 3. The lowest BCUT2D eigenvalue weighted by atomic mass is 9.85. The van der Waals surface area contributed by atoms with Gasteiger partial charge < -0.3 is 10.1 Å². The summed E-state index contributed by atoms with van der Waals surface area (Å²) in [5.74, 6) is -2.48. The fourth-order valence-corrected chi connectivity index (χ4v) is 4.88. The number of allylic oxidation sites excluding steroid dienone is 2. The molecule has 3 amide bonds. The van der Waals surface area contributed by atoms with E-state index in [0.717, 1.165) is 17.6 Å². The van der Waals surface area contributed by atoms with Gasteiger partial charge in [0.05, 0.1) is 23.0 Å². The van der Waals surface area contributed by atoms with Crippen LogP contribution in [0, 0.1) is 39.6 Å². The first-order valence-electron chi connectivity index (χ1n) is 10.9. The number of anilines is 1. The SMILES string of the molecule is O=C(COc1ccc([N+](=O)[O-])cc1C=NN1C(=O)C2C3C=CC(C3)C2C1=O)Nc1ccc(F)cc1. The van der Waals surface area contributed by atoms with Crippen molar-refractivity contribution in [2.45, 2.75) is 6.42 Å². The summed E-state index contributed by atoms with van der Waals surface area (Å²) in [7, 11) is 0. The number of hydrogen-bond donors (Lipinski definition) is 1. The molecule has 2 fully saturated rings. The predicted octanol–water partition coefficient (Wildman–Crippen LogP) is 2.89. The molecule has 2 bridgehead atoms. The number of benzene rings is 2. The fraction of sp³-hybridized carbons (Fsp3) is 0.250. The molecular weight excluding hydrogens is 459 g/mol. The second-order valence-corrected chi connectivity index (χ2v) is 8.56.